The average Bonchev–Trinajstić information content (AvgIpc) is 3.96. The van der Waals surface area contributed by atoms with Crippen molar-refractivity contribution in [2.24, 2.45) is 0 Å². The molecule has 0 fully saturated rings. The number of benzene rings is 8. The molecule has 57 heavy (non-hydrogen) atoms. The SMILES string of the molecule is c1ccc(-c2nc(-c3ccc4c(c3)oc3c(-c5cccc6c5c5ccccc5n6-c5ccccc5)cccc34)nc(-c3cccc4c3oc3ccccc34)n2)cc1. The summed E-state index contributed by atoms with van der Waals surface area (Å²) in [7, 11) is 0. The van der Waals surface area contributed by atoms with Gasteiger partial charge in [-0.05, 0) is 54.1 Å². The Hall–Kier alpha value is -7.83. The second-order valence-electron chi connectivity index (χ2n) is 14.3. The van der Waals surface area contributed by atoms with Gasteiger partial charge in [-0.15, -0.1) is 0 Å². The first kappa shape index (κ1) is 31.5. The second-order valence-corrected chi connectivity index (χ2v) is 14.3. The molecule has 0 atom stereocenters. The van der Waals surface area contributed by atoms with Gasteiger partial charge in [0, 0.05) is 54.7 Å². The molecule has 266 valence electrons. The molecule has 0 radical (unpaired) electrons. The molecule has 0 aliphatic heterocycles. The van der Waals surface area contributed by atoms with Crippen molar-refractivity contribution in [3.8, 4) is 51.0 Å². The average molecular weight is 731 g/mol. The van der Waals surface area contributed by atoms with Crippen LogP contribution in [0.25, 0.3) is 117 Å². The summed E-state index contributed by atoms with van der Waals surface area (Å²) >= 11 is 0. The van der Waals surface area contributed by atoms with Crippen molar-refractivity contribution in [3.05, 3.63) is 182 Å². The highest BCUT2D eigenvalue weighted by atomic mass is 16.3. The Morgan fingerprint density at radius 1 is 0.351 bits per heavy atom. The molecule has 4 aromatic heterocycles. The van der Waals surface area contributed by atoms with E-state index in [-0.39, 0.29) is 0 Å². The number of nitrogens with zero attached hydrogens (tertiary/aromatic N) is 4. The Morgan fingerprint density at radius 3 is 1.74 bits per heavy atom. The van der Waals surface area contributed by atoms with Gasteiger partial charge in [-0.1, -0.05) is 133 Å². The van der Waals surface area contributed by atoms with Crippen molar-refractivity contribution < 1.29 is 8.83 Å². The maximum absolute atomic E-state index is 6.88. The lowest BCUT2D eigenvalue weighted by atomic mass is 9.97. The summed E-state index contributed by atoms with van der Waals surface area (Å²) in [6.07, 6.45) is 0. The maximum Gasteiger partial charge on any atom is 0.167 e. The summed E-state index contributed by atoms with van der Waals surface area (Å²) < 4.78 is 15.7. The van der Waals surface area contributed by atoms with Crippen LogP contribution in [0.1, 0.15) is 0 Å². The van der Waals surface area contributed by atoms with E-state index in [1.807, 2.05) is 60.7 Å². The quantitative estimate of drug-likeness (QED) is 0.176. The van der Waals surface area contributed by atoms with Crippen LogP contribution in [0.15, 0.2) is 191 Å². The van der Waals surface area contributed by atoms with Gasteiger partial charge >= 0.3 is 0 Å². The minimum Gasteiger partial charge on any atom is -0.455 e. The fourth-order valence-corrected chi connectivity index (χ4v) is 8.51. The van der Waals surface area contributed by atoms with Gasteiger partial charge in [-0.3, -0.25) is 0 Å². The minimum absolute atomic E-state index is 0.540. The lowest BCUT2D eigenvalue weighted by molar-refractivity contribution is 0.669. The van der Waals surface area contributed by atoms with Gasteiger partial charge in [0.1, 0.15) is 22.3 Å². The number of aromatic nitrogens is 4. The van der Waals surface area contributed by atoms with Crippen molar-refractivity contribution in [2.75, 3.05) is 0 Å². The van der Waals surface area contributed by atoms with Gasteiger partial charge in [-0.25, -0.2) is 15.0 Å². The Labute approximate surface area is 325 Å². The molecule has 0 aliphatic rings. The number of furan rings is 2. The fraction of sp³-hybridized carbons (Fsp3) is 0. The molecule has 0 bridgehead atoms. The first-order chi connectivity index (χ1) is 28.3. The van der Waals surface area contributed by atoms with E-state index in [0.29, 0.717) is 17.5 Å². The van der Waals surface area contributed by atoms with E-state index in [1.165, 1.54) is 10.8 Å². The van der Waals surface area contributed by atoms with Gasteiger partial charge in [0.15, 0.2) is 17.5 Å². The highest BCUT2D eigenvalue weighted by Gasteiger charge is 2.21. The van der Waals surface area contributed by atoms with Crippen molar-refractivity contribution in [3.63, 3.8) is 0 Å². The molecular weight excluding hydrogens is 701 g/mol. The third-order valence-corrected chi connectivity index (χ3v) is 11.1. The lowest BCUT2D eigenvalue weighted by Gasteiger charge is -2.09. The fourth-order valence-electron chi connectivity index (χ4n) is 8.51. The number of fused-ring (bicyclic) bond motifs is 9. The third-order valence-electron chi connectivity index (χ3n) is 11.1. The van der Waals surface area contributed by atoms with Gasteiger partial charge in [0.05, 0.1) is 16.6 Å². The topological polar surface area (TPSA) is 69.9 Å². The summed E-state index contributed by atoms with van der Waals surface area (Å²) in [6.45, 7) is 0. The van der Waals surface area contributed by atoms with Crippen molar-refractivity contribution in [2.45, 2.75) is 0 Å². The Kier molecular flexibility index (Phi) is 6.83. The highest BCUT2D eigenvalue weighted by Crippen LogP contribution is 2.43. The molecule has 0 saturated heterocycles. The van der Waals surface area contributed by atoms with E-state index in [4.69, 9.17) is 23.8 Å². The predicted octanol–water partition coefficient (Wildman–Crippen LogP) is 13.4. The van der Waals surface area contributed by atoms with E-state index >= 15 is 0 Å². The second kappa shape index (κ2) is 12.3. The molecule has 6 nitrogen and oxygen atoms in total. The minimum atomic E-state index is 0.540. The van der Waals surface area contributed by atoms with E-state index in [1.54, 1.807) is 0 Å². The van der Waals surface area contributed by atoms with Gasteiger partial charge in [-0.2, -0.15) is 0 Å². The molecule has 8 aromatic carbocycles. The normalized spacial score (nSPS) is 11.9. The van der Waals surface area contributed by atoms with Gasteiger partial charge in [0.25, 0.3) is 0 Å². The molecule has 0 unspecified atom stereocenters. The van der Waals surface area contributed by atoms with Crippen LogP contribution < -0.4 is 0 Å². The Morgan fingerprint density at radius 2 is 0.912 bits per heavy atom. The number of hydrogen-bond donors (Lipinski definition) is 0. The van der Waals surface area contributed by atoms with Crippen LogP contribution in [-0.2, 0) is 0 Å². The van der Waals surface area contributed by atoms with Crippen molar-refractivity contribution in [1.29, 1.82) is 0 Å². The molecule has 12 aromatic rings. The van der Waals surface area contributed by atoms with Crippen LogP contribution in [0.2, 0.25) is 0 Å². The largest absolute Gasteiger partial charge is 0.455 e. The standard InChI is InChI=1S/C51H30N4O2/c1-3-14-31(15-4-1)49-52-50(54-51(53-49)41-24-12-22-37-34-18-8-10-27-44(34)56-48(37)41)32-28-29-35-38-21-11-23-39(47(38)57-45(35)30-32)36-20-13-26-43-46(36)40-19-7-9-25-42(40)55(43)33-16-5-2-6-17-33/h1-30H. The lowest BCUT2D eigenvalue weighted by Crippen LogP contribution is -2.00. The smallest absolute Gasteiger partial charge is 0.167 e. The maximum atomic E-state index is 6.88. The zero-order valence-electron chi connectivity index (χ0n) is 30.4. The van der Waals surface area contributed by atoms with E-state index in [0.717, 1.165) is 88.4 Å². The van der Waals surface area contributed by atoms with E-state index in [9.17, 15) is 0 Å². The first-order valence-electron chi connectivity index (χ1n) is 19.0. The molecule has 0 aliphatic carbocycles. The monoisotopic (exact) mass is 730 g/mol. The molecule has 4 heterocycles. The summed E-state index contributed by atoms with van der Waals surface area (Å²) in [6, 6.07) is 62.7. The summed E-state index contributed by atoms with van der Waals surface area (Å²) in [5.74, 6) is 1.67. The Bertz CT molecular complexity index is 3530. The summed E-state index contributed by atoms with van der Waals surface area (Å²) in [5, 5.41) is 6.54. The predicted molar refractivity (Wildman–Crippen MR) is 230 cm³/mol. The number of hydrogen-bond acceptors (Lipinski definition) is 5. The molecular formula is C51H30N4O2. The van der Waals surface area contributed by atoms with Crippen LogP contribution in [0.5, 0.6) is 0 Å². The van der Waals surface area contributed by atoms with Crippen LogP contribution in [0.4, 0.5) is 0 Å². The van der Waals surface area contributed by atoms with Crippen LogP contribution >= 0.6 is 0 Å². The van der Waals surface area contributed by atoms with Gasteiger partial charge < -0.3 is 13.4 Å². The molecule has 0 saturated carbocycles. The molecule has 12 rings (SSSR count). The summed E-state index contributed by atoms with van der Waals surface area (Å²) in [4.78, 5) is 15.2. The van der Waals surface area contributed by atoms with Crippen LogP contribution in [0, 0.1) is 0 Å². The third kappa shape index (κ3) is 4.87. The van der Waals surface area contributed by atoms with Gasteiger partial charge in [0.2, 0.25) is 0 Å². The zero-order valence-corrected chi connectivity index (χ0v) is 30.4. The van der Waals surface area contributed by atoms with E-state index < -0.39 is 0 Å². The Balaban J connectivity index is 1.04. The molecule has 0 amide bonds. The molecule has 6 heteroatoms. The van der Waals surface area contributed by atoms with Crippen molar-refractivity contribution in [1.82, 2.24) is 19.5 Å². The highest BCUT2D eigenvalue weighted by molar-refractivity contribution is 6.19. The number of rotatable bonds is 5. The first-order valence-corrected chi connectivity index (χ1v) is 19.0. The molecule has 0 spiro atoms. The van der Waals surface area contributed by atoms with Crippen LogP contribution in [-0.4, -0.2) is 19.5 Å². The number of para-hydroxylation sites is 5. The molecule has 0 N–H and O–H groups in total. The van der Waals surface area contributed by atoms with Crippen LogP contribution in [0.3, 0.4) is 0 Å². The zero-order chi connectivity index (χ0) is 37.5. The summed E-state index contributed by atoms with van der Waals surface area (Å²) in [5.41, 5.74) is 11.3. The van der Waals surface area contributed by atoms with Crippen molar-refractivity contribution >= 4 is 65.7 Å². The van der Waals surface area contributed by atoms with E-state index in [2.05, 4.69) is 126 Å².